The van der Waals surface area contributed by atoms with Crippen molar-refractivity contribution in [1.82, 2.24) is 14.9 Å². The number of hydrogen-bond donors (Lipinski definition) is 1. The zero-order chi connectivity index (χ0) is 19.9. The van der Waals surface area contributed by atoms with Crippen molar-refractivity contribution in [2.75, 3.05) is 6.54 Å². The highest BCUT2D eigenvalue weighted by molar-refractivity contribution is 5.83. The van der Waals surface area contributed by atoms with Crippen LogP contribution in [0.15, 0.2) is 52.2 Å². The molecule has 1 atom stereocenters. The Kier molecular flexibility index (Phi) is 6.47. The number of aromatic nitrogens is 2. The highest BCUT2D eigenvalue weighted by Gasteiger charge is 2.15. The number of amides is 1. The molecular formula is C21H25N3O4. The van der Waals surface area contributed by atoms with E-state index in [4.69, 9.17) is 9.15 Å². The lowest BCUT2D eigenvalue weighted by Crippen LogP contribution is -2.37. The maximum absolute atomic E-state index is 12.2. The fourth-order valence-electron chi connectivity index (χ4n) is 3.05. The van der Waals surface area contributed by atoms with E-state index in [1.54, 1.807) is 31.6 Å². The molecule has 0 saturated carbocycles. The van der Waals surface area contributed by atoms with Gasteiger partial charge in [-0.15, -0.1) is 0 Å². The standard InChI is InChI=1S/C21H25N3O4/c1-3-5-16-12-20(25)28-19-13-17(6-7-18(16)19)27-15(2)21(26)23-8-4-10-24-11-9-22-14-24/h6-7,9,11-15H,3-5,8,10H2,1-2H3,(H,23,26)/t15-/m0/s1. The van der Waals surface area contributed by atoms with Gasteiger partial charge in [0.2, 0.25) is 0 Å². The number of hydrogen-bond acceptors (Lipinski definition) is 5. The summed E-state index contributed by atoms with van der Waals surface area (Å²) in [5, 5.41) is 3.76. The van der Waals surface area contributed by atoms with E-state index in [-0.39, 0.29) is 11.5 Å². The predicted octanol–water partition coefficient (Wildman–Crippen LogP) is 2.92. The number of imidazole rings is 1. The Morgan fingerprint density at radius 1 is 1.36 bits per heavy atom. The van der Waals surface area contributed by atoms with E-state index >= 15 is 0 Å². The van der Waals surface area contributed by atoms with E-state index in [9.17, 15) is 9.59 Å². The molecule has 28 heavy (non-hydrogen) atoms. The van der Waals surface area contributed by atoms with E-state index < -0.39 is 6.10 Å². The molecule has 0 aliphatic rings. The van der Waals surface area contributed by atoms with Gasteiger partial charge in [0, 0.05) is 43.0 Å². The molecule has 3 aromatic rings. The third-order valence-corrected chi connectivity index (χ3v) is 4.45. The largest absolute Gasteiger partial charge is 0.481 e. The second kappa shape index (κ2) is 9.21. The Labute approximate surface area is 163 Å². The van der Waals surface area contributed by atoms with Crippen LogP contribution < -0.4 is 15.7 Å². The third-order valence-electron chi connectivity index (χ3n) is 4.45. The van der Waals surface area contributed by atoms with Crippen LogP contribution in [0.4, 0.5) is 0 Å². The number of nitrogens with one attached hydrogen (secondary N) is 1. The first-order valence-electron chi connectivity index (χ1n) is 9.53. The number of fused-ring (bicyclic) bond motifs is 1. The lowest BCUT2D eigenvalue weighted by molar-refractivity contribution is -0.127. The van der Waals surface area contributed by atoms with E-state index in [1.807, 2.05) is 16.8 Å². The molecule has 0 aliphatic heterocycles. The SMILES string of the molecule is CCCc1cc(=O)oc2cc(O[C@@H](C)C(=O)NCCCn3ccnc3)ccc12. The van der Waals surface area contributed by atoms with E-state index in [0.29, 0.717) is 17.9 Å². The van der Waals surface area contributed by atoms with E-state index in [2.05, 4.69) is 17.2 Å². The van der Waals surface area contributed by atoms with Gasteiger partial charge in [-0.3, -0.25) is 4.79 Å². The Morgan fingerprint density at radius 3 is 2.96 bits per heavy atom. The number of aryl methyl sites for hydroxylation is 2. The van der Waals surface area contributed by atoms with Crippen molar-refractivity contribution in [1.29, 1.82) is 0 Å². The average molecular weight is 383 g/mol. The maximum Gasteiger partial charge on any atom is 0.336 e. The molecule has 0 fully saturated rings. The van der Waals surface area contributed by atoms with Crippen molar-refractivity contribution in [2.45, 2.75) is 45.8 Å². The highest BCUT2D eigenvalue weighted by Crippen LogP contribution is 2.24. The lowest BCUT2D eigenvalue weighted by Gasteiger charge is -2.15. The molecule has 7 heteroatoms. The van der Waals surface area contributed by atoms with Crippen molar-refractivity contribution in [2.24, 2.45) is 0 Å². The molecular weight excluding hydrogens is 358 g/mol. The quantitative estimate of drug-likeness (QED) is 0.453. The smallest absolute Gasteiger partial charge is 0.336 e. The summed E-state index contributed by atoms with van der Waals surface area (Å²) in [5.41, 5.74) is 1.06. The Balaban J connectivity index is 1.58. The topological polar surface area (TPSA) is 86.4 Å². The van der Waals surface area contributed by atoms with Gasteiger partial charge in [-0.1, -0.05) is 13.3 Å². The first-order valence-corrected chi connectivity index (χ1v) is 9.53. The first kappa shape index (κ1) is 19.7. The average Bonchev–Trinajstić information content (AvgIpc) is 3.18. The van der Waals surface area contributed by atoms with Crippen LogP contribution in [0.25, 0.3) is 11.0 Å². The zero-order valence-electron chi connectivity index (χ0n) is 16.2. The molecule has 3 rings (SSSR count). The third kappa shape index (κ3) is 5.00. The summed E-state index contributed by atoms with van der Waals surface area (Å²) in [7, 11) is 0. The van der Waals surface area contributed by atoms with Gasteiger partial charge < -0.3 is 19.0 Å². The number of nitrogens with zero attached hydrogens (tertiary/aromatic N) is 2. The number of benzene rings is 1. The van der Waals surface area contributed by atoms with E-state index in [0.717, 1.165) is 36.8 Å². The van der Waals surface area contributed by atoms with Gasteiger partial charge in [-0.25, -0.2) is 9.78 Å². The Hall–Kier alpha value is -3.09. The molecule has 1 aromatic carbocycles. The molecule has 0 unspecified atom stereocenters. The van der Waals surface area contributed by atoms with Crippen LogP contribution in [0.3, 0.4) is 0 Å². The van der Waals surface area contributed by atoms with Crippen molar-refractivity contribution in [3.05, 3.63) is 59.0 Å². The normalized spacial score (nSPS) is 12.1. The summed E-state index contributed by atoms with van der Waals surface area (Å²) in [6, 6.07) is 6.86. The molecule has 7 nitrogen and oxygen atoms in total. The van der Waals surface area contributed by atoms with Gasteiger partial charge in [-0.05, 0) is 37.5 Å². The van der Waals surface area contributed by atoms with Gasteiger partial charge in [0.15, 0.2) is 6.10 Å². The van der Waals surface area contributed by atoms with Gasteiger partial charge in [0.05, 0.1) is 6.33 Å². The molecule has 2 heterocycles. The predicted molar refractivity (Wildman–Crippen MR) is 106 cm³/mol. The molecule has 0 bridgehead atoms. The van der Waals surface area contributed by atoms with Crippen LogP contribution in [0, 0.1) is 0 Å². The molecule has 0 spiro atoms. The highest BCUT2D eigenvalue weighted by atomic mass is 16.5. The van der Waals surface area contributed by atoms with Crippen LogP contribution in [0.2, 0.25) is 0 Å². The molecule has 0 radical (unpaired) electrons. The minimum atomic E-state index is -0.656. The molecule has 2 aromatic heterocycles. The van der Waals surface area contributed by atoms with Crippen LogP contribution in [0.5, 0.6) is 5.75 Å². The zero-order valence-corrected chi connectivity index (χ0v) is 16.2. The van der Waals surface area contributed by atoms with Gasteiger partial charge in [0.1, 0.15) is 11.3 Å². The second-order valence-corrected chi connectivity index (χ2v) is 6.70. The lowest BCUT2D eigenvalue weighted by atomic mass is 10.1. The minimum absolute atomic E-state index is 0.188. The molecule has 0 saturated heterocycles. The van der Waals surface area contributed by atoms with Gasteiger partial charge in [0.25, 0.3) is 5.91 Å². The maximum atomic E-state index is 12.2. The molecule has 0 aliphatic carbocycles. The van der Waals surface area contributed by atoms with Crippen molar-refractivity contribution >= 4 is 16.9 Å². The molecule has 1 N–H and O–H groups in total. The van der Waals surface area contributed by atoms with Crippen molar-refractivity contribution in [3.8, 4) is 5.75 Å². The van der Waals surface area contributed by atoms with Crippen LogP contribution in [-0.4, -0.2) is 28.1 Å². The Morgan fingerprint density at radius 2 is 2.21 bits per heavy atom. The van der Waals surface area contributed by atoms with Crippen LogP contribution in [-0.2, 0) is 17.8 Å². The number of carbonyl (C=O) groups is 1. The summed E-state index contributed by atoms with van der Waals surface area (Å²) >= 11 is 0. The minimum Gasteiger partial charge on any atom is -0.481 e. The fourth-order valence-corrected chi connectivity index (χ4v) is 3.05. The summed E-state index contributed by atoms with van der Waals surface area (Å²) in [6.07, 6.45) is 7.25. The summed E-state index contributed by atoms with van der Waals surface area (Å²) in [6.45, 7) is 5.10. The van der Waals surface area contributed by atoms with Crippen molar-refractivity contribution < 1.29 is 13.9 Å². The van der Waals surface area contributed by atoms with Crippen LogP contribution >= 0.6 is 0 Å². The van der Waals surface area contributed by atoms with Crippen molar-refractivity contribution in [3.63, 3.8) is 0 Å². The first-order chi connectivity index (χ1) is 13.6. The monoisotopic (exact) mass is 383 g/mol. The Bertz CT molecular complexity index is 979. The van der Waals surface area contributed by atoms with Gasteiger partial charge >= 0.3 is 5.63 Å². The number of carbonyl (C=O) groups excluding carboxylic acids is 1. The molecule has 148 valence electrons. The number of ether oxygens (including phenoxy) is 1. The fraction of sp³-hybridized carbons (Fsp3) is 0.381. The van der Waals surface area contributed by atoms with Gasteiger partial charge in [-0.2, -0.15) is 0 Å². The van der Waals surface area contributed by atoms with E-state index in [1.165, 1.54) is 6.07 Å². The summed E-state index contributed by atoms with van der Waals surface area (Å²) in [4.78, 5) is 28.0. The second-order valence-electron chi connectivity index (χ2n) is 6.70. The summed E-state index contributed by atoms with van der Waals surface area (Å²) < 4.78 is 13.0. The molecule has 1 amide bonds. The summed E-state index contributed by atoms with van der Waals surface area (Å²) in [5.74, 6) is 0.303. The number of rotatable bonds is 9. The van der Waals surface area contributed by atoms with Crippen LogP contribution in [0.1, 0.15) is 32.3 Å².